The number of pyridine rings is 1. The van der Waals surface area contributed by atoms with Crippen LogP contribution in [0.5, 0.6) is 0 Å². The molecule has 0 radical (unpaired) electrons. The zero-order valence-electron chi connectivity index (χ0n) is 16.9. The van der Waals surface area contributed by atoms with Crippen molar-refractivity contribution in [3.05, 3.63) is 77.9 Å². The van der Waals surface area contributed by atoms with E-state index in [0.717, 1.165) is 54.0 Å². The molecule has 1 aromatic carbocycles. The largest absolute Gasteiger partial charge is 0.298 e. The van der Waals surface area contributed by atoms with E-state index in [1.807, 2.05) is 35.7 Å². The van der Waals surface area contributed by atoms with Crippen LogP contribution >= 0.6 is 0 Å². The molecule has 1 atom stereocenters. The third kappa shape index (κ3) is 3.68. The molecule has 4 heterocycles. The fourth-order valence-corrected chi connectivity index (χ4v) is 4.33. The van der Waals surface area contributed by atoms with Gasteiger partial charge in [-0.15, -0.1) is 0 Å². The van der Waals surface area contributed by atoms with E-state index in [1.54, 1.807) is 24.8 Å². The molecule has 5 rings (SSSR count). The molecule has 0 saturated carbocycles. The fraction of sp³-hybridized carbons (Fsp3) is 0.304. The van der Waals surface area contributed by atoms with E-state index in [9.17, 15) is 4.39 Å². The van der Waals surface area contributed by atoms with E-state index in [0.29, 0.717) is 18.2 Å². The Bertz CT molecular complexity index is 1170. The highest BCUT2D eigenvalue weighted by Crippen LogP contribution is 2.29. The lowest BCUT2D eigenvalue weighted by molar-refractivity contribution is 0.195. The van der Waals surface area contributed by atoms with Crippen LogP contribution in [0.25, 0.3) is 16.9 Å². The molecule has 0 spiro atoms. The van der Waals surface area contributed by atoms with Crippen molar-refractivity contribution in [2.24, 2.45) is 0 Å². The van der Waals surface area contributed by atoms with Gasteiger partial charge in [0.25, 0.3) is 5.78 Å². The minimum atomic E-state index is -0.162. The molecule has 1 aliphatic rings. The third-order valence-corrected chi connectivity index (χ3v) is 5.79. The van der Waals surface area contributed by atoms with E-state index in [1.165, 1.54) is 0 Å². The van der Waals surface area contributed by atoms with Gasteiger partial charge in [0.2, 0.25) is 0 Å². The number of fused-ring (bicyclic) bond motifs is 1. The Morgan fingerprint density at radius 2 is 1.97 bits per heavy atom. The van der Waals surface area contributed by atoms with Gasteiger partial charge in [-0.05, 0) is 61.7 Å². The van der Waals surface area contributed by atoms with Crippen molar-refractivity contribution < 1.29 is 4.39 Å². The maximum atomic E-state index is 14.9. The van der Waals surface area contributed by atoms with Gasteiger partial charge in [-0.2, -0.15) is 10.1 Å². The molecular formula is C23H23FN6. The Morgan fingerprint density at radius 1 is 1.10 bits per heavy atom. The number of hydrogen-bond donors (Lipinski definition) is 0. The summed E-state index contributed by atoms with van der Waals surface area (Å²) in [6.07, 6.45) is 7.15. The van der Waals surface area contributed by atoms with Gasteiger partial charge in [0.15, 0.2) is 0 Å². The normalized spacial score (nSPS) is 17.5. The van der Waals surface area contributed by atoms with Crippen molar-refractivity contribution in [1.29, 1.82) is 0 Å². The maximum Gasteiger partial charge on any atom is 0.252 e. The molecule has 0 amide bonds. The molecule has 152 valence electrons. The Morgan fingerprint density at radius 3 is 2.80 bits per heavy atom. The van der Waals surface area contributed by atoms with Gasteiger partial charge in [-0.25, -0.2) is 13.9 Å². The second-order valence-corrected chi connectivity index (χ2v) is 7.91. The Labute approximate surface area is 174 Å². The second-order valence-electron chi connectivity index (χ2n) is 7.91. The fourth-order valence-electron chi connectivity index (χ4n) is 4.33. The topological polar surface area (TPSA) is 59.2 Å². The van der Waals surface area contributed by atoms with Crippen LogP contribution in [0.3, 0.4) is 0 Å². The molecule has 1 saturated heterocycles. The number of nitrogens with zero attached hydrogens (tertiary/aromatic N) is 6. The highest BCUT2D eigenvalue weighted by molar-refractivity contribution is 5.63. The third-order valence-electron chi connectivity index (χ3n) is 5.79. The highest BCUT2D eigenvalue weighted by atomic mass is 19.1. The first-order chi connectivity index (χ1) is 14.7. The summed E-state index contributed by atoms with van der Waals surface area (Å²) in [6, 6.07) is 11.4. The quantitative estimate of drug-likeness (QED) is 0.516. The molecule has 6 nitrogen and oxygen atoms in total. The Hall–Kier alpha value is -3.19. The van der Waals surface area contributed by atoms with Crippen LogP contribution in [-0.4, -0.2) is 42.6 Å². The lowest BCUT2D eigenvalue weighted by Crippen LogP contribution is -2.35. The summed E-state index contributed by atoms with van der Waals surface area (Å²) < 4.78 is 16.7. The number of aryl methyl sites for hydroxylation is 1. The smallest absolute Gasteiger partial charge is 0.252 e. The van der Waals surface area contributed by atoms with Gasteiger partial charge >= 0.3 is 0 Å². The van der Waals surface area contributed by atoms with Crippen LogP contribution in [-0.2, 0) is 6.54 Å². The van der Waals surface area contributed by atoms with Crippen LogP contribution in [0, 0.1) is 12.7 Å². The summed E-state index contributed by atoms with van der Waals surface area (Å²) in [5, 5.41) is 4.36. The summed E-state index contributed by atoms with van der Waals surface area (Å²) in [5.41, 5.74) is 4.65. The molecule has 1 unspecified atom stereocenters. The van der Waals surface area contributed by atoms with Crippen molar-refractivity contribution in [1.82, 2.24) is 29.5 Å². The predicted octanol–water partition coefficient (Wildman–Crippen LogP) is 4.01. The van der Waals surface area contributed by atoms with Gasteiger partial charge in [-0.3, -0.25) is 9.88 Å². The Kier molecular flexibility index (Phi) is 4.96. The number of hydrogen-bond acceptors (Lipinski definition) is 5. The minimum absolute atomic E-state index is 0.162. The zero-order valence-corrected chi connectivity index (χ0v) is 16.9. The van der Waals surface area contributed by atoms with Crippen LogP contribution < -0.4 is 0 Å². The number of rotatable bonds is 4. The van der Waals surface area contributed by atoms with Crippen molar-refractivity contribution in [2.75, 3.05) is 13.1 Å². The van der Waals surface area contributed by atoms with Crippen LogP contribution in [0.2, 0.25) is 0 Å². The molecule has 3 aromatic heterocycles. The summed E-state index contributed by atoms with van der Waals surface area (Å²) in [7, 11) is 0. The van der Waals surface area contributed by atoms with Crippen LogP contribution in [0.1, 0.15) is 35.7 Å². The summed E-state index contributed by atoms with van der Waals surface area (Å²) in [4.78, 5) is 15.0. The molecule has 0 aliphatic carbocycles. The summed E-state index contributed by atoms with van der Waals surface area (Å²) in [5.74, 6) is 0.800. The molecule has 0 bridgehead atoms. The summed E-state index contributed by atoms with van der Waals surface area (Å²) in [6.45, 7) is 4.42. The summed E-state index contributed by atoms with van der Waals surface area (Å²) >= 11 is 0. The van der Waals surface area contributed by atoms with Gasteiger partial charge < -0.3 is 0 Å². The first-order valence-electron chi connectivity index (χ1n) is 10.3. The molecule has 4 aromatic rings. The predicted molar refractivity (Wildman–Crippen MR) is 112 cm³/mol. The van der Waals surface area contributed by atoms with Gasteiger partial charge in [0.1, 0.15) is 12.1 Å². The first-order valence-corrected chi connectivity index (χ1v) is 10.3. The first kappa shape index (κ1) is 18.8. The van der Waals surface area contributed by atoms with Gasteiger partial charge in [0.05, 0.1) is 5.69 Å². The minimum Gasteiger partial charge on any atom is -0.298 e. The number of likely N-dealkylation sites (tertiary alicyclic amines) is 1. The van der Waals surface area contributed by atoms with Crippen molar-refractivity contribution >= 4 is 5.78 Å². The Balaban J connectivity index is 1.35. The van der Waals surface area contributed by atoms with Crippen LogP contribution in [0.4, 0.5) is 4.39 Å². The molecular weight excluding hydrogens is 379 g/mol. The van der Waals surface area contributed by atoms with Crippen LogP contribution in [0.15, 0.2) is 55.1 Å². The molecule has 1 fully saturated rings. The lowest BCUT2D eigenvalue weighted by atomic mass is 9.93. The highest BCUT2D eigenvalue weighted by Gasteiger charge is 2.25. The van der Waals surface area contributed by atoms with E-state index in [-0.39, 0.29) is 5.82 Å². The van der Waals surface area contributed by atoms with Crippen molar-refractivity contribution in [2.45, 2.75) is 32.2 Å². The van der Waals surface area contributed by atoms with E-state index in [4.69, 9.17) is 0 Å². The molecule has 7 heteroatoms. The second kappa shape index (κ2) is 7.91. The number of piperidine rings is 1. The average Bonchev–Trinajstić information content (AvgIpc) is 3.24. The van der Waals surface area contributed by atoms with E-state index >= 15 is 0 Å². The van der Waals surface area contributed by atoms with Gasteiger partial charge in [-0.1, -0.05) is 12.1 Å². The molecule has 30 heavy (non-hydrogen) atoms. The lowest BCUT2D eigenvalue weighted by Gasteiger charge is -2.33. The average molecular weight is 402 g/mol. The molecule has 1 aliphatic heterocycles. The number of aromatic nitrogens is 5. The van der Waals surface area contributed by atoms with Crippen molar-refractivity contribution in [3.8, 4) is 11.1 Å². The maximum absolute atomic E-state index is 14.9. The zero-order chi connectivity index (χ0) is 20.5. The van der Waals surface area contributed by atoms with Crippen molar-refractivity contribution in [3.63, 3.8) is 0 Å². The number of benzene rings is 1. The SMILES string of the molecule is Cc1cc(C2CCCN(Cc3ccc(-c4ccncc4)cc3F)C2)n2ncnc2n1. The number of halogens is 1. The standard InChI is InChI=1S/C23H23FN6/c1-16-11-22(30-23(28-16)26-15-27-30)20-3-2-10-29(14-20)13-19-5-4-18(12-21(19)24)17-6-8-25-9-7-17/h4-9,11-12,15,20H,2-3,10,13-14H2,1H3. The monoisotopic (exact) mass is 402 g/mol. The van der Waals surface area contributed by atoms with E-state index < -0.39 is 0 Å². The van der Waals surface area contributed by atoms with Gasteiger partial charge in [0, 0.05) is 42.7 Å². The van der Waals surface area contributed by atoms with E-state index in [2.05, 4.69) is 31.0 Å². The molecule has 0 N–H and O–H groups in total.